The van der Waals surface area contributed by atoms with Crippen LogP contribution in [-0.2, 0) is 0 Å². The average Bonchev–Trinajstić information content (AvgIpc) is 2.26. The Bertz CT molecular complexity index is 603. The minimum atomic E-state index is -0.839. The second-order valence-electron chi connectivity index (χ2n) is 4.51. The molecule has 0 aliphatic rings. The van der Waals surface area contributed by atoms with Gasteiger partial charge in [0.15, 0.2) is 0 Å². The number of hydrogen-bond acceptors (Lipinski definition) is 0. The first kappa shape index (κ1) is 14.5. The van der Waals surface area contributed by atoms with E-state index in [0.29, 0.717) is 10.0 Å². The lowest BCUT2D eigenvalue weighted by Gasteiger charge is -2.15. The summed E-state index contributed by atoms with van der Waals surface area (Å²) in [6.45, 7) is 3.84. The molecule has 0 heterocycles. The summed E-state index contributed by atoms with van der Waals surface area (Å²) in [5, 5.41) is -0.839. The fourth-order valence-electron chi connectivity index (χ4n) is 2.06. The maximum Gasteiger partial charge on any atom is 0.132 e. The Hall–Kier alpha value is -0.930. The molecule has 0 amide bonds. The van der Waals surface area contributed by atoms with E-state index in [1.807, 2.05) is 32.0 Å². The molecule has 0 aliphatic carbocycles. The number of aryl methyl sites for hydroxylation is 2. The third-order valence-electron chi connectivity index (χ3n) is 3.00. The molecule has 0 spiro atoms. The van der Waals surface area contributed by atoms with Gasteiger partial charge in [0.25, 0.3) is 0 Å². The molecule has 0 nitrogen and oxygen atoms in total. The lowest BCUT2D eigenvalue weighted by molar-refractivity contribution is 0.557. The first-order chi connectivity index (χ1) is 8.90. The van der Waals surface area contributed by atoms with Gasteiger partial charge in [-0.1, -0.05) is 39.7 Å². The number of alkyl halides is 1. The van der Waals surface area contributed by atoms with Crippen LogP contribution < -0.4 is 0 Å². The Kier molecular flexibility index (Phi) is 4.26. The molecule has 1 unspecified atom stereocenters. The average molecular weight is 346 g/mol. The van der Waals surface area contributed by atoms with Crippen LogP contribution in [0, 0.1) is 25.5 Å². The van der Waals surface area contributed by atoms with Crippen LogP contribution in [-0.4, -0.2) is 0 Å². The van der Waals surface area contributed by atoms with E-state index in [1.54, 1.807) is 0 Å². The molecule has 0 saturated carbocycles. The Balaban J connectivity index is 2.53. The van der Waals surface area contributed by atoms with Crippen molar-refractivity contribution in [2.75, 3.05) is 0 Å². The van der Waals surface area contributed by atoms with Gasteiger partial charge in [0.2, 0.25) is 0 Å². The van der Waals surface area contributed by atoms with Crippen molar-refractivity contribution in [2.45, 2.75) is 19.2 Å². The van der Waals surface area contributed by atoms with Gasteiger partial charge in [-0.05, 0) is 37.1 Å². The predicted molar refractivity (Wildman–Crippen MR) is 77.7 cm³/mol. The van der Waals surface area contributed by atoms with E-state index in [2.05, 4.69) is 15.9 Å². The first-order valence-corrected chi connectivity index (χ1v) is 6.98. The highest BCUT2D eigenvalue weighted by molar-refractivity contribution is 9.10. The summed E-state index contributed by atoms with van der Waals surface area (Å²) in [5.74, 6) is -1.29. The van der Waals surface area contributed by atoms with Crippen molar-refractivity contribution in [1.29, 1.82) is 0 Å². The first-order valence-electron chi connectivity index (χ1n) is 5.76. The van der Waals surface area contributed by atoms with E-state index in [4.69, 9.17) is 11.6 Å². The Morgan fingerprint density at radius 3 is 2.16 bits per heavy atom. The van der Waals surface area contributed by atoms with Crippen LogP contribution in [0.15, 0.2) is 34.8 Å². The number of rotatable bonds is 2. The summed E-state index contributed by atoms with van der Waals surface area (Å²) < 4.78 is 28.2. The van der Waals surface area contributed by atoms with E-state index >= 15 is 0 Å². The van der Waals surface area contributed by atoms with Crippen LogP contribution in [0.3, 0.4) is 0 Å². The van der Waals surface area contributed by atoms with Gasteiger partial charge in [0.05, 0.1) is 5.38 Å². The second-order valence-corrected chi connectivity index (χ2v) is 5.86. The van der Waals surface area contributed by atoms with Crippen LogP contribution in [0.5, 0.6) is 0 Å². The summed E-state index contributed by atoms with van der Waals surface area (Å²) in [4.78, 5) is 0. The van der Waals surface area contributed by atoms with Crippen molar-refractivity contribution in [1.82, 2.24) is 0 Å². The van der Waals surface area contributed by atoms with Crippen molar-refractivity contribution in [3.63, 3.8) is 0 Å². The van der Waals surface area contributed by atoms with E-state index < -0.39 is 17.0 Å². The second kappa shape index (κ2) is 5.59. The van der Waals surface area contributed by atoms with Gasteiger partial charge < -0.3 is 0 Å². The molecule has 0 saturated heterocycles. The van der Waals surface area contributed by atoms with Crippen LogP contribution in [0.25, 0.3) is 0 Å². The topological polar surface area (TPSA) is 0 Å². The largest absolute Gasteiger partial charge is 0.206 e. The van der Waals surface area contributed by atoms with Crippen LogP contribution >= 0.6 is 27.5 Å². The highest BCUT2D eigenvalue weighted by atomic mass is 79.9. The standard InChI is InChI=1S/C15H12BrClF2/c1-8-3-4-11(9(2)5-8)15(17)14-12(18)6-10(16)7-13(14)19/h3-7,15H,1-2H3. The maximum absolute atomic E-state index is 13.9. The zero-order valence-corrected chi connectivity index (χ0v) is 12.8. The van der Waals surface area contributed by atoms with E-state index in [0.717, 1.165) is 11.1 Å². The van der Waals surface area contributed by atoms with Crippen molar-refractivity contribution >= 4 is 27.5 Å². The third-order valence-corrected chi connectivity index (χ3v) is 3.91. The fraction of sp³-hybridized carbons (Fsp3) is 0.200. The van der Waals surface area contributed by atoms with Gasteiger partial charge in [-0.2, -0.15) is 0 Å². The normalized spacial score (nSPS) is 12.5. The molecule has 0 bridgehead atoms. The summed E-state index contributed by atoms with van der Waals surface area (Å²) in [5.41, 5.74) is 2.60. The Morgan fingerprint density at radius 1 is 1.05 bits per heavy atom. The number of halogens is 4. The molecule has 0 aromatic heterocycles. The molecule has 19 heavy (non-hydrogen) atoms. The molecule has 0 fully saturated rings. The fourth-order valence-corrected chi connectivity index (χ4v) is 2.92. The molecular weight excluding hydrogens is 334 g/mol. The summed E-state index contributed by atoms with van der Waals surface area (Å²) in [7, 11) is 0. The lowest BCUT2D eigenvalue weighted by atomic mass is 9.98. The Labute approximate surface area is 124 Å². The molecule has 4 heteroatoms. The maximum atomic E-state index is 13.9. The molecule has 1 atom stereocenters. The molecule has 2 aromatic rings. The summed E-state index contributed by atoms with van der Waals surface area (Å²) >= 11 is 9.31. The Morgan fingerprint density at radius 2 is 1.63 bits per heavy atom. The highest BCUT2D eigenvalue weighted by Crippen LogP contribution is 2.35. The van der Waals surface area contributed by atoms with Gasteiger partial charge in [-0.15, -0.1) is 11.6 Å². The SMILES string of the molecule is Cc1ccc(C(Cl)c2c(F)cc(Br)cc2F)c(C)c1. The zero-order valence-electron chi connectivity index (χ0n) is 10.5. The third kappa shape index (κ3) is 2.98. The number of hydrogen-bond donors (Lipinski definition) is 0. The minimum Gasteiger partial charge on any atom is -0.206 e. The van der Waals surface area contributed by atoms with E-state index in [9.17, 15) is 8.78 Å². The zero-order chi connectivity index (χ0) is 14.2. The monoisotopic (exact) mass is 344 g/mol. The summed E-state index contributed by atoms with van der Waals surface area (Å²) in [6.07, 6.45) is 0. The molecule has 2 aromatic carbocycles. The molecule has 0 N–H and O–H groups in total. The molecule has 0 radical (unpaired) electrons. The van der Waals surface area contributed by atoms with Crippen molar-refractivity contribution in [3.8, 4) is 0 Å². The van der Waals surface area contributed by atoms with E-state index in [1.165, 1.54) is 12.1 Å². The van der Waals surface area contributed by atoms with Gasteiger partial charge in [0.1, 0.15) is 11.6 Å². The minimum absolute atomic E-state index is 0.114. The predicted octanol–water partition coefficient (Wildman–Crippen LogP) is 5.67. The van der Waals surface area contributed by atoms with Gasteiger partial charge in [-0.25, -0.2) is 8.78 Å². The van der Waals surface area contributed by atoms with Crippen LogP contribution in [0.1, 0.15) is 27.6 Å². The summed E-state index contributed by atoms with van der Waals surface area (Å²) in [6, 6.07) is 8.07. The molecule has 0 aliphatic heterocycles. The highest BCUT2D eigenvalue weighted by Gasteiger charge is 2.21. The molecule has 2 rings (SSSR count). The number of benzene rings is 2. The van der Waals surface area contributed by atoms with Crippen molar-refractivity contribution < 1.29 is 8.78 Å². The van der Waals surface area contributed by atoms with Gasteiger partial charge in [-0.3, -0.25) is 0 Å². The van der Waals surface area contributed by atoms with Crippen molar-refractivity contribution in [3.05, 3.63) is 68.7 Å². The molecular formula is C15H12BrClF2. The van der Waals surface area contributed by atoms with Gasteiger partial charge >= 0.3 is 0 Å². The van der Waals surface area contributed by atoms with Crippen LogP contribution in [0.2, 0.25) is 0 Å². The smallest absolute Gasteiger partial charge is 0.132 e. The van der Waals surface area contributed by atoms with Crippen LogP contribution in [0.4, 0.5) is 8.78 Å². The lowest BCUT2D eigenvalue weighted by Crippen LogP contribution is -2.03. The van der Waals surface area contributed by atoms with Gasteiger partial charge in [0, 0.05) is 10.0 Å². The quantitative estimate of drug-likeness (QED) is 0.615. The van der Waals surface area contributed by atoms with E-state index in [-0.39, 0.29) is 5.56 Å². The molecule has 100 valence electrons. The van der Waals surface area contributed by atoms with Crippen molar-refractivity contribution in [2.24, 2.45) is 0 Å².